The molecular weight excluding hydrogens is 230 g/mol. The van der Waals surface area contributed by atoms with Crippen LogP contribution in [0.15, 0.2) is 24.3 Å². The van der Waals surface area contributed by atoms with Gasteiger partial charge < -0.3 is 19.8 Å². The van der Waals surface area contributed by atoms with Crippen molar-refractivity contribution in [3.63, 3.8) is 0 Å². The van der Waals surface area contributed by atoms with E-state index in [0.717, 1.165) is 25.9 Å². The quantitative estimate of drug-likeness (QED) is 0.851. The molecule has 1 aliphatic heterocycles. The molecule has 1 heterocycles. The molecule has 0 saturated carbocycles. The number of aliphatic hydroxyl groups excluding tert-OH is 1. The number of aromatic hydroxyl groups is 1. The Morgan fingerprint density at radius 2 is 1.89 bits per heavy atom. The number of piperidine rings is 1. The maximum Gasteiger partial charge on any atom is 0.119 e. The lowest BCUT2D eigenvalue weighted by Crippen LogP contribution is -2.37. The minimum atomic E-state index is -0.410. The molecule has 1 unspecified atom stereocenters. The van der Waals surface area contributed by atoms with Crippen LogP contribution in [0.1, 0.15) is 12.8 Å². The van der Waals surface area contributed by atoms with Crippen molar-refractivity contribution in [1.82, 2.24) is 4.90 Å². The first-order valence-corrected chi connectivity index (χ1v) is 6.43. The number of nitrogens with zero attached hydrogens (tertiary/aromatic N) is 1. The van der Waals surface area contributed by atoms with Gasteiger partial charge in [0, 0.05) is 0 Å². The Bertz CT molecular complexity index is 358. The van der Waals surface area contributed by atoms with E-state index < -0.39 is 6.10 Å². The zero-order valence-corrected chi connectivity index (χ0v) is 10.7. The van der Waals surface area contributed by atoms with Gasteiger partial charge in [-0.1, -0.05) is 0 Å². The van der Waals surface area contributed by atoms with E-state index in [1.54, 1.807) is 24.3 Å². The monoisotopic (exact) mass is 251 g/mol. The van der Waals surface area contributed by atoms with E-state index in [2.05, 4.69) is 11.9 Å². The minimum Gasteiger partial charge on any atom is -0.508 e. The van der Waals surface area contributed by atoms with Gasteiger partial charge in [-0.3, -0.25) is 0 Å². The molecule has 0 spiro atoms. The second-order valence-corrected chi connectivity index (χ2v) is 5.01. The highest BCUT2D eigenvalue weighted by Gasteiger charge is 2.24. The normalized spacial score (nSPS) is 19.7. The molecule has 1 aliphatic rings. The number of ether oxygens (including phenoxy) is 1. The number of rotatable bonds is 4. The summed E-state index contributed by atoms with van der Waals surface area (Å²) in [6.45, 7) is 2.40. The summed E-state index contributed by atoms with van der Waals surface area (Å²) in [5.41, 5.74) is 0. The number of aliphatic hydroxyl groups is 1. The fourth-order valence-corrected chi connectivity index (χ4v) is 2.27. The largest absolute Gasteiger partial charge is 0.508 e. The molecule has 0 aromatic heterocycles. The third-order valence-corrected chi connectivity index (χ3v) is 3.56. The van der Waals surface area contributed by atoms with Crippen molar-refractivity contribution >= 4 is 0 Å². The molecule has 1 atom stereocenters. The van der Waals surface area contributed by atoms with Gasteiger partial charge in [0.15, 0.2) is 0 Å². The molecule has 1 aromatic rings. The average molecular weight is 251 g/mol. The zero-order valence-electron chi connectivity index (χ0n) is 10.7. The lowest BCUT2D eigenvalue weighted by Gasteiger charge is -2.31. The molecule has 0 radical (unpaired) electrons. The van der Waals surface area contributed by atoms with E-state index in [4.69, 9.17) is 9.84 Å². The molecule has 100 valence electrons. The van der Waals surface area contributed by atoms with Crippen molar-refractivity contribution in [2.45, 2.75) is 18.9 Å². The summed E-state index contributed by atoms with van der Waals surface area (Å²) in [7, 11) is 2.11. The molecule has 2 rings (SSSR count). The van der Waals surface area contributed by atoms with Crippen LogP contribution in [0.3, 0.4) is 0 Å². The maximum absolute atomic E-state index is 10.1. The van der Waals surface area contributed by atoms with Crippen LogP contribution in [0.2, 0.25) is 0 Å². The number of benzene rings is 1. The molecule has 1 fully saturated rings. The Hall–Kier alpha value is -1.26. The number of hydrogen-bond donors (Lipinski definition) is 2. The summed E-state index contributed by atoms with van der Waals surface area (Å²) >= 11 is 0. The van der Waals surface area contributed by atoms with Crippen molar-refractivity contribution in [2.75, 3.05) is 26.7 Å². The Morgan fingerprint density at radius 1 is 1.28 bits per heavy atom. The smallest absolute Gasteiger partial charge is 0.119 e. The first kappa shape index (κ1) is 13.2. The van der Waals surface area contributed by atoms with Gasteiger partial charge in [0.25, 0.3) is 0 Å². The average Bonchev–Trinajstić information content (AvgIpc) is 2.38. The number of likely N-dealkylation sites (tertiary alicyclic amines) is 1. The van der Waals surface area contributed by atoms with Crippen LogP contribution in [0.25, 0.3) is 0 Å². The van der Waals surface area contributed by atoms with Crippen LogP contribution in [0, 0.1) is 5.92 Å². The standard InChI is InChI=1S/C14H21NO3/c1-15-8-6-11(7-9-15)14(17)10-18-13-4-2-12(16)3-5-13/h2-5,11,14,16-17H,6-10H2,1H3. The molecule has 1 aromatic carbocycles. The van der Waals surface area contributed by atoms with Crippen molar-refractivity contribution in [1.29, 1.82) is 0 Å². The highest BCUT2D eigenvalue weighted by molar-refractivity contribution is 5.30. The molecule has 0 aliphatic carbocycles. The summed E-state index contributed by atoms with van der Waals surface area (Å²) in [5, 5.41) is 19.2. The zero-order chi connectivity index (χ0) is 13.0. The molecular formula is C14H21NO3. The van der Waals surface area contributed by atoms with Crippen molar-refractivity contribution in [3.05, 3.63) is 24.3 Å². The first-order chi connectivity index (χ1) is 8.65. The fraction of sp³-hybridized carbons (Fsp3) is 0.571. The van der Waals surface area contributed by atoms with Gasteiger partial charge in [-0.25, -0.2) is 0 Å². The second-order valence-electron chi connectivity index (χ2n) is 5.01. The molecule has 4 heteroatoms. The second kappa shape index (κ2) is 6.07. The van der Waals surface area contributed by atoms with Gasteiger partial charge in [-0.2, -0.15) is 0 Å². The topological polar surface area (TPSA) is 52.9 Å². The number of phenolic OH excluding ortho intramolecular Hbond substituents is 1. The van der Waals surface area contributed by atoms with Crippen molar-refractivity contribution in [3.8, 4) is 11.5 Å². The Morgan fingerprint density at radius 3 is 2.50 bits per heavy atom. The summed E-state index contributed by atoms with van der Waals surface area (Å²) < 4.78 is 5.53. The van der Waals surface area contributed by atoms with Gasteiger partial charge >= 0.3 is 0 Å². The van der Waals surface area contributed by atoms with Crippen LogP contribution < -0.4 is 4.74 Å². The third kappa shape index (κ3) is 3.62. The maximum atomic E-state index is 10.1. The number of phenols is 1. The SMILES string of the molecule is CN1CCC(C(O)COc2ccc(O)cc2)CC1. The summed E-state index contributed by atoms with van der Waals surface area (Å²) in [6, 6.07) is 6.57. The lowest BCUT2D eigenvalue weighted by atomic mass is 9.92. The molecule has 2 N–H and O–H groups in total. The first-order valence-electron chi connectivity index (χ1n) is 6.43. The van der Waals surface area contributed by atoms with E-state index in [9.17, 15) is 5.11 Å². The van der Waals surface area contributed by atoms with Crippen LogP contribution in [0.4, 0.5) is 0 Å². The Kier molecular flexibility index (Phi) is 4.44. The lowest BCUT2D eigenvalue weighted by molar-refractivity contribution is 0.0298. The van der Waals surface area contributed by atoms with E-state index in [0.29, 0.717) is 18.3 Å². The van der Waals surface area contributed by atoms with Crippen LogP contribution in [0.5, 0.6) is 11.5 Å². The minimum absolute atomic E-state index is 0.221. The van der Waals surface area contributed by atoms with E-state index >= 15 is 0 Å². The van der Waals surface area contributed by atoms with Crippen LogP contribution in [-0.2, 0) is 0 Å². The number of hydrogen-bond acceptors (Lipinski definition) is 4. The van der Waals surface area contributed by atoms with E-state index in [1.165, 1.54) is 0 Å². The van der Waals surface area contributed by atoms with Crippen molar-refractivity contribution < 1.29 is 14.9 Å². The predicted molar refractivity (Wildman–Crippen MR) is 69.8 cm³/mol. The van der Waals surface area contributed by atoms with Crippen LogP contribution >= 0.6 is 0 Å². The Labute approximate surface area is 108 Å². The van der Waals surface area contributed by atoms with Crippen molar-refractivity contribution in [2.24, 2.45) is 5.92 Å². The van der Waals surface area contributed by atoms with Crippen LogP contribution in [-0.4, -0.2) is 48.0 Å². The summed E-state index contributed by atoms with van der Waals surface area (Å²) in [6.07, 6.45) is 1.64. The van der Waals surface area contributed by atoms with E-state index in [-0.39, 0.29) is 5.75 Å². The van der Waals surface area contributed by atoms with Gasteiger partial charge in [0.05, 0.1) is 6.10 Å². The highest BCUT2D eigenvalue weighted by Crippen LogP contribution is 2.21. The fourth-order valence-electron chi connectivity index (χ4n) is 2.27. The Balaban J connectivity index is 1.77. The van der Waals surface area contributed by atoms with E-state index in [1.807, 2.05) is 0 Å². The van der Waals surface area contributed by atoms with Gasteiger partial charge in [-0.15, -0.1) is 0 Å². The van der Waals surface area contributed by atoms with Gasteiger partial charge in [0.1, 0.15) is 18.1 Å². The third-order valence-electron chi connectivity index (χ3n) is 3.56. The van der Waals surface area contributed by atoms with Gasteiger partial charge in [-0.05, 0) is 63.2 Å². The highest BCUT2D eigenvalue weighted by atomic mass is 16.5. The molecule has 0 bridgehead atoms. The molecule has 18 heavy (non-hydrogen) atoms. The molecule has 0 amide bonds. The van der Waals surface area contributed by atoms with Gasteiger partial charge in [0.2, 0.25) is 0 Å². The summed E-state index contributed by atoms with van der Waals surface area (Å²) in [5.74, 6) is 1.23. The summed E-state index contributed by atoms with van der Waals surface area (Å²) in [4.78, 5) is 2.28. The molecule has 1 saturated heterocycles. The predicted octanol–water partition coefficient (Wildman–Crippen LogP) is 1.47. The molecule has 4 nitrogen and oxygen atoms in total.